The van der Waals surface area contributed by atoms with Gasteiger partial charge in [-0.2, -0.15) is 0 Å². The van der Waals surface area contributed by atoms with Crippen LogP contribution < -0.4 is 24.6 Å². The minimum Gasteiger partial charge on any atom is -1.00 e. The van der Waals surface area contributed by atoms with Gasteiger partial charge in [-0.1, -0.05) is 0 Å². The van der Waals surface area contributed by atoms with Crippen molar-refractivity contribution in [1.82, 2.24) is 0 Å². The average molecular weight is 125 g/mol. The summed E-state index contributed by atoms with van der Waals surface area (Å²) in [7, 11) is 1.37. The van der Waals surface area contributed by atoms with E-state index in [-0.39, 0.29) is 26.3 Å². The van der Waals surface area contributed by atoms with Gasteiger partial charge >= 0.3 is 24.8 Å². The SMILES string of the molecule is COC(=O)CCCN.[H-].[Li+]. The molecule has 0 aromatic carbocycles. The zero-order chi connectivity index (χ0) is 6.41. The Bertz CT molecular complexity index is 82.0. The molecule has 0 saturated carbocycles. The summed E-state index contributed by atoms with van der Waals surface area (Å²) < 4.78 is 4.36. The molecule has 0 unspecified atom stereocenters. The van der Waals surface area contributed by atoms with Gasteiger partial charge in [-0.25, -0.2) is 0 Å². The van der Waals surface area contributed by atoms with Crippen molar-refractivity contribution >= 4 is 5.97 Å². The third-order valence-electron chi connectivity index (χ3n) is 0.813. The first-order chi connectivity index (χ1) is 3.81. The van der Waals surface area contributed by atoms with Gasteiger partial charge in [0.05, 0.1) is 7.11 Å². The van der Waals surface area contributed by atoms with Crippen LogP contribution in [0.3, 0.4) is 0 Å². The Labute approximate surface area is 68.6 Å². The second kappa shape index (κ2) is 8.03. The summed E-state index contributed by atoms with van der Waals surface area (Å²) in [6.07, 6.45) is 1.15. The van der Waals surface area contributed by atoms with E-state index < -0.39 is 0 Å². The molecule has 0 atom stereocenters. The molecule has 0 aliphatic rings. The van der Waals surface area contributed by atoms with Crippen LogP contribution in [0.15, 0.2) is 0 Å². The van der Waals surface area contributed by atoms with E-state index in [1.807, 2.05) is 0 Å². The van der Waals surface area contributed by atoms with E-state index in [1.54, 1.807) is 0 Å². The largest absolute Gasteiger partial charge is 1.00 e. The molecule has 0 aliphatic heterocycles. The van der Waals surface area contributed by atoms with E-state index in [4.69, 9.17) is 5.73 Å². The predicted octanol–water partition coefficient (Wildman–Crippen LogP) is -2.99. The Morgan fingerprint density at radius 3 is 2.67 bits per heavy atom. The fraction of sp³-hybridized carbons (Fsp3) is 0.800. The van der Waals surface area contributed by atoms with Crippen molar-refractivity contribution in [3.8, 4) is 0 Å². The van der Waals surface area contributed by atoms with Crippen molar-refractivity contribution < 1.29 is 29.8 Å². The molecule has 9 heavy (non-hydrogen) atoms. The van der Waals surface area contributed by atoms with Crippen LogP contribution in [0.4, 0.5) is 0 Å². The van der Waals surface area contributed by atoms with Gasteiger partial charge in [0.15, 0.2) is 0 Å². The second-order valence-electron chi connectivity index (χ2n) is 1.47. The van der Waals surface area contributed by atoms with Crippen LogP contribution in [0.1, 0.15) is 14.3 Å². The van der Waals surface area contributed by atoms with Gasteiger partial charge in [0.25, 0.3) is 0 Å². The second-order valence-corrected chi connectivity index (χ2v) is 1.47. The number of carbonyl (C=O) groups excluding carboxylic acids is 1. The number of rotatable bonds is 3. The molecule has 0 amide bonds. The number of hydrogen-bond acceptors (Lipinski definition) is 3. The summed E-state index contributed by atoms with van der Waals surface area (Å²) >= 11 is 0. The summed E-state index contributed by atoms with van der Waals surface area (Å²) in [6, 6.07) is 0. The third-order valence-corrected chi connectivity index (χ3v) is 0.813. The maximum atomic E-state index is 10.3. The van der Waals surface area contributed by atoms with Gasteiger partial charge in [0, 0.05) is 6.42 Å². The van der Waals surface area contributed by atoms with Crippen molar-refractivity contribution in [1.29, 1.82) is 0 Å². The van der Waals surface area contributed by atoms with Crippen molar-refractivity contribution in [2.24, 2.45) is 5.73 Å². The zero-order valence-electron chi connectivity index (χ0n) is 7.02. The van der Waals surface area contributed by atoms with Crippen molar-refractivity contribution in [3.05, 3.63) is 0 Å². The number of ether oxygens (including phenoxy) is 1. The Kier molecular flexibility index (Phi) is 10.5. The van der Waals surface area contributed by atoms with Crippen LogP contribution in [0.5, 0.6) is 0 Å². The van der Waals surface area contributed by atoms with Crippen LogP contribution in [0.2, 0.25) is 0 Å². The quantitative estimate of drug-likeness (QED) is 0.323. The van der Waals surface area contributed by atoms with Gasteiger partial charge in [-0.05, 0) is 13.0 Å². The zero-order valence-corrected chi connectivity index (χ0v) is 6.02. The molecule has 2 N–H and O–H groups in total. The molecule has 3 nitrogen and oxygen atoms in total. The van der Waals surface area contributed by atoms with E-state index in [0.717, 1.165) is 0 Å². The monoisotopic (exact) mass is 125 g/mol. The van der Waals surface area contributed by atoms with Crippen LogP contribution >= 0.6 is 0 Å². The average Bonchev–Trinajstić information content (AvgIpc) is 1.83. The fourth-order valence-electron chi connectivity index (χ4n) is 0.348. The van der Waals surface area contributed by atoms with Gasteiger partial charge in [-0.15, -0.1) is 0 Å². The number of hydrogen-bond donors (Lipinski definition) is 1. The van der Waals surface area contributed by atoms with E-state index in [2.05, 4.69) is 4.74 Å². The normalized spacial score (nSPS) is 7.78. The molecule has 50 valence electrons. The third kappa shape index (κ3) is 8.03. The summed E-state index contributed by atoms with van der Waals surface area (Å²) in [5, 5.41) is 0. The first-order valence-electron chi connectivity index (χ1n) is 2.58. The molecular formula is C5H12LiNO2. The van der Waals surface area contributed by atoms with Crippen LogP contribution in [0, 0.1) is 0 Å². The minimum absolute atomic E-state index is 0. The fourth-order valence-corrected chi connectivity index (χ4v) is 0.348. The molecule has 0 rings (SSSR count). The smallest absolute Gasteiger partial charge is 1.00 e. The predicted molar refractivity (Wildman–Crippen MR) is 31.4 cm³/mol. The van der Waals surface area contributed by atoms with Gasteiger partial charge in [-0.3, -0.25) is 4.79 Å². The van der Waals surface area contributed by atoms with Crippen molar-refractivity contribution in [2.75, 3.05) is 13.7 Å². The first kappa shape index (κ1) is 11.8. The van der Waals surface area contributed by atoms with Gasteiger partial charge < -0.3 is 11.9 Å². The van der Waals surface area contributed by atoms with E-state index in [1.165, 1.54) is 7.11 Å². The minimum atomic E-state index is -0.185. The molecule has 0 aromatic heterocycles. The first-order valence-corrected chi connectivity index (χ1v) is 2.58. The number of methoxy groups -OCH3 is 1. The standard InChI is InChI=1S/C5H11NO2.Li.H/c1-8-5(7)3-2-4-6;;/h2-4,6H2,1H3;;/q;+1;-1. The molecule has 4 heteroatoms. The number of carbonyl (C=O) groups is 1. The van der Waals surface area contributed by atoms with E-state index in [9.17, 15) is 4.79 Å². The maximum Gasteiger partial charge on any atom is 1.00 e. The molecule has 0 heterocycles. The summed E-state index contributed by atoms with van der Waals surface area (Å²) in [5.41, 5.74) is 5.12. The topological polar surface area (TPSA) is 52.3 Å². The van der Waals surface area contributed by atoms with Gasteiger partial charge in [0.2, 0.25) is 0 Å². The summed E-state index contributed by atoms with van der Waals surface area (Å²) in [6.45, 7) is 0.551. The van der Waals surface area contributed by atoms with Crippen LogP contribution in [0.25, 0.3) is 0 Å². The van der Waals surface area contributed by atoms with Crippen molar-refractivity contribution in [2.45, 2.75) is 12.8 Å². The Morgan fingerprint density at radius 1 is 1.78 bits per heavy atom. The molecular weight excluding hydrogens is 113 g/mol. The summed E-state index contributed by atoms with van der Waals surface area (Å²) in [4.78, 5) is 10.3. The molecule has 0 saturated heterocycles. The molecule has 0 aromatic rings. The van der Waals surface area contributed by atoms with E-state index >= 15 is 0 Å². The Morgan fingerprint density at radius 2 is 2.33 bits per heavy atom. The van der Waals surface area contributed by atoms with Crippen LogP contribution in [-0.2, 0) is 9.53 Å². The molecule has 0 radical (unpaired) electrons. The van der Waals surface area contributed by atoms with E-state index in [0.29, 0.717) is 19.4 Å². The Hall–Kier alpha value is 0.0274. The molecule has 0 bridgehead atoms. The van der Waals surface area contributed by atoms with Crippen LogP contribution in [-0.4, -0.2) is 19.6 Å². The van der Waals surface area contributed by atoms with Gasteiger partial charge in [0.1, 0.15) is 0 Å². The summed E-state index contributed by atoms with van der Waals surface area (Å²) in [5.74, 6) is -0.185. The maximum absolute atomic E-state index is 10.3. The molecule has 0 fully saturated rings. The number of nitrogens with two attached hydrogens (primary N) is 1. The Balaban J connectivity index is -0.000000245. The van der Waals surface area contributed by atoms with Crippen molar-refractivity contribution in [3.63, 3.8) is 0 Å². The molecule has 0 spiro atoms. The molecule has 0 aliphatic carbocycles. The number of esters is 1.